The van der Waals surface area contributed by atoms with Crippen LogP contribution in [0.15, 0.2) is 12.3 Å². The molecule has 5 rings (SSSR count). The number of piperidine rings is 1. The summed E-state index contributed by atoms with van der Waals surface area (Å²) in [5.74, 6) is 3.11. The van der Waals surface area contributed by atoms with E-state index in [2.05, 4.69) is 23.0 Å². The molecule has 0 aromatic carbocycles. The van der Waals surface area contributed by atoms with E-state index in [1.54, 1.807) is 0 Å². The van der Waals surface area contributed by atoms with Gasteiger partial charge in [-0.2, -0.15) is 5.10 Å². The van der Waals surface area contributed by atoms with Crippen molar-refractivity contribution in [3.63, 3.8) is 0 Å². The Labute approximate surface area is 191 Å². The van der Waals surface area contributed by atoms with Gasteiger partial charge in [-0.25, -0.2) is 9.97 Å². The quantitative estimate of drug-likeness (QED) is 0.714. The molecule has 1 amide bonds. The van der Waals surface area contributed by atoms with Crippen LogP contribution in [0.5, 0.6) is 0 Å². The second kappa shape index (κ2) is 9.30. The summed E-state index contributed by atoms with van der Waals surface area (Å²) in [4.78, 5) is 27.4. The molecule has 0 radical (unpaired) electrons. The highest BCUT2D eigenvalue weighted by Crippen LogP contribution is 2.34. The number of anilines is 1. The molecule has 0 N–H and O–H groups in total. The van der Waals surface area contributed by atoms with Crippen LogP contribution in [0.3, 0.4) is 0 Å². The summed E-state index contributed by atoms with van der Waals surface area (Å²) in [7, 11) is 2.01. The first-order valence-electron chi connectivity index (χ1n) is 12.5. The number of likely N-dealkylation sites (tertiary alicyclic amines) is 1. The zero-order valence-corrected chi connectivity index (χ0v) is 19.6. The normalized spacial score (nSPS) is 21.2. The maximum Gasteiger partial charge on any atom is 0.228 e. The lowest BCUT2D eigenvalue weighted by Gasteiger charge is -2.35. The van der Waals surface area contributed by atoms with E-state index in [1.165, 1.54) is 43.4 Å². The number of fused-ring (bicyclic) bond motifs is 1. The van der Waals surface area contributed by atoms with Crippen LogP contribution in [-0.4, -0.2) is 50.2 Å². The summed E-state index contributed by atoms with van der Waals surface area (Å²) in [6.45, 7) is 5.97. The van der Waals surface area contributed by atoms with Crippen molar-refractivity contribution in [3.8, 4) is 0 Å². The zero-order chi connectivity index (χ0) is 22.1. The number of nitrogens with zero attached hydrogens (tertiary/aromatic N) is 6. The first kappa shape index (κ1) is 21.6. The standard InChI is InChI=1S/C25H36N6O/c1-18-22-8-9-23(32)31(16-19-6-4-3-5-7-19)25(22)28-24(27-18)20-11-14-30(15-12-20)17-21-10-13-26-29(21)2/h10,13,19-20H,3-9,11-12,14-17H2,1-2H3. The molecule has 7 heteroatoms. The molecule has 4 heterocycles. The molecule has 2 fully saturated rings. The number of amides is 1. The molecule has 2 aromatic rings. The van der Waals surface area contributed by atoms with Crippen molar-refractivity contribution in [2.75, 3.05) is 24.5 Å². The van der Waals surface area contributed by atoms with E-state index in [0.717, 1.165) is 62.8 Å². The van der Waals surface area contributed by atoms with Crippen LogP contribution in [0.4, 0.5) is 5.82 Å². The SMILES string of the molecule is Cc1nc(C2CCN(Cc3ccnn3C)CC2)nc2c1CCC(=O)N2CC1CCCCC1. The van der Waals surface area contributed by atoms with Crippen molar-refractivity contribution in [2.24, 2.45) is 13.0 Å². The van der Waals surface area contributed by atoms with Gasteiger partial charge in [0, 0.05) is 49.9 Å². The molecule has 172 valence electrons. The molecule has 32 heavy (non-hydrogen) atoms. The van der Waals surface area contributed by atoms with Crippen molar-refractivity contribution in [3.05, 3.63) is 35.0 Å². The summed E-state index contributed by atoms with van der Waals surface area (Å²) in [5, 5.41) is 4.29. The van der Waals surface area contributed by atoms with E-state index in [1.807, 2.05) is 22.8 Å². The topological polar surface area (TPSA) is 67.2 Å². The van der Waals surface area contributed by atoms with Crippen LogP contribution in [0.1, 0.15) is 80.1 Å². The second-order valence-corrected chi connectivity index (χ2v) is 9.97. The molecule has 0 atom stereocenters. The number of aromatic nitrogens is 4. The second-order valence-electron chi connectivity index (χ2n) is 9.97. The van der Waals surface area contributed by atoms with Crippen LogP contribution < -0.4 is 4.90 Å². The lowest BCUT2D eigenvalue weighted by atomic mass is 9.88. The number of carbonyl (C=O) groups is 1. The Morgan fingerprint density at radius 1 is 1.03 bits per heavy atom. The minimum Gasteiger partial charge on any atom is -0.297 e. The van der Waals surface area contributed by atoms with Crippen molar-refractivity contribution >= 4 is 11.7 Å². The van der Waals surface area contributed by atoms with Crippen molar-refractivity contribution in [1.82, 2.24) is 24.6 Å². The Kier molecular flexibility index (Phi) is 6.26. The molecule has 3 aliphatic rings. The number of aryl methyl sites for hydroxylation is 2. The van der Waals surface area contributed by atoms with E-state index in [9.17, 15) is 4.79 Å². The van der Waals surface area contributed by atoms with E-state index >= 15 is 0 Å². The predicted octanol–water partition coefficient (Wildman–Crippen LogP) is 3.76. The molecule has 1 saturated carbocycles. The van der Waals surface area contributed by atoms with E-state index in [-0.39, 0.29) is 5.91 Å². The smallest absolute Gasteiger partial charge is 0.228 e. The van der Waals surface area contributed by atoms with Crippen LogP contribution in [0.2, 0.25) is 0 Å². The van der Waals surface area contributed by atoms with Gasteiger partial charge >= 0.3 is 0 Å². The lowest BCUT2D eigenvalue weighted by Crippen LogP contribution is -2.41. The summed E-state index contributed by atoms with van der Waals surface area (Å²) in [5.41, 5.74) is 3.52. The average molecular weight is 437 g/mol. The lowest BCUT2D eigenvalue weighted by molar-refractivity contribution is -0.119. The van der Waals surface area contributed by atoms with Gasteiger partial charge in [0.25, 0.3) is 0 Å². The number of hydrogen-bond donors (Lipinski definition) is 0. The summed E-state index contributed by atoms with van der Waals surface area (Å²) in [6.07, 6.45) is 11.8. The largest absolute Gasteiger partial charge is 0.297 e. The molecule has 1 saturated heterocycles. The van der Waals surface area contributed by atoms with Gasteiger partial charge < -0.3 is 0 Å². The first-order valence-corrected chi connectivity index (χ1v) is 12.5. The van der Waals surface area contributed by atoms with Gasteiger partial charge in [0.2, 0.25) is 5.91 Å². The average Bonchev–Trinajstić information content (AvgIpc) is 3.21. The summed E-state index contributed by atoms with van der Waals surface area (Å²) in [6, 6.07) is 2.10. The Bertz CT molecular complexity index is 955. The van der Waals surface area contributed by atoms with E-state index in [0.29, 0.717) is 18.3 Å². The van der Waals surface area contributed by atoms with Crippen LogP contribution in [-0.2, 0) is 24.8 Å². The molecule has 0 bridgehead atoms. The fourth-order valence-corrected chi connectivity index (χ4v) is 5.74. The Morgan fingerprint density at radius 3 is 2.53 bits per heavy atom. The molecule has 2 aromatic heterocycles. The molecule has 7 nitrogen and oxygen atoms in total. The van der Waals surface area contributed by atoms with E-state index < -0.39 is 0 Å². The summed E-state index contributed by atoms with van der Waals surface area (Å²) >= 11 is 0. The van der Waals surface area contributed by atoms with E-state index in [4.69, 9.17) is 9.97 Å². The first-order chi connectivity index (χ1) is 15.6. The monoisotopic (exact) mass is 436 g/mol. The molecular weight excluding hydrogens is 400 g/mol. The number of carbonyl (C=O) groups excluding carboxylic acids is 1. The van der Waals surface area contributed by atoms with Gasteiger partial charge in [0.1, 0.15) is 11.6 Å². The van der Waals surface area contributed by atoms with Crippen molar-refractivity contribution in [1.29, 1.82) is 0 Å². The Hall–Kier alpha value is -2.28. The highest BCUT2D eigenvalue weighted by Gasteiger charge is 2.32. The maximum absolute atomic E-state index is 12.9. The Morgan fingerprint density at radius 2 is 1.81 bits per heavy atom. The van der Waals surface area contributed by atoms with Crippen molar-refractivity contribution in [2.45, 2.75) is 77.2 Å². The van der Waals surface area contributed by atoms with Crippen LogP contribution in [0.25, 0.3) is 0 Å². The highest BCUT2D eigenvalue weighted by atomic mass is 16.2. The zero-order valence-electron chi connectivity index (χ0n) is 19.6. The third-order valence-corrected chi connectivity index (χ3v) is 7.78. The molecular formula is C25H36N6O. The van der Waals surface area contributed by atoms with Gasteiger partial charge in [-0.1, -0.05) is 19.3 Å². The molecule has 0 unspecified atom stereocenters. The van der Waals surface area contributed by atoms with Gasteiger partial charge in [0.15, 0.2) is 0 Å². The highest BCUT2D eigenvalue weighted by molar-refractivity contribution is 5.95. The van der Waals surface area contributed by atoms with Gasteiger partial charge in [-0.15, -0.1) is 0 Å². The minimum atomic E-state index is 0.248. The Balaban J connectivity index is 1.31. The van der Waals surface area contributed by atoms with Crippen LogP contribution >= 0.6 is 0 Å². The van der Waals surface area contributed by atoms with Gasteiger partial charge in [0.05, 0.1) is 5.69 Å². The third-order valence-electron chi connectivity index (χ3n) is 7.78. The van der Waals surface area contributed by atoms with Gasteiger partial charge in [-0.05, 0) is 64.1 Å². The predicted molar refractivity (Wildman–Crippen MR) is 124 cm³/mol. The number of rotatable bonds is 5. The van der Waals surface area contributed by atoms with Gasteiger partial charge in [-0.3, -0.25) is 19.3 Å². The fraction of sp³-hybridized carbons (Fsp3) is 0.680. The number of hydrogen-bond acceptors (Lipinski definition) is 5. The maximum atomic E-state index is 12.9. The fourth-order valence-electron chi connectivity index (χ4n) is 5.74. The molecule has 2 aliphatic heterocycles. The molecule has 0 spiro atoms. The van der Waals surface area contributed by atoms with Crippen molar-refractivity contribution < 1.29 is 4.79 Å². The third kappa shape index (κ3) is 4.45. The minimum absolute atomic E-state index is 0.248. The summed E-state index contributed by atoms with van der Waals surface area (Å²) < 4.78 is 1.96. The molecule has 1 aliphatic carbocycles. The van der Waals surface area contributed by atoms with Crippen LogP contribution in [0, 0.1) is 12.8 Å².